The minimum Gasteiger partial charge on any atom is -0.481 e. The van der Waals surface area contributed by atoms with Gasteiger partial charge in [0.05, 0.1) is 5.69 Å². The molecule has 1 N–H and O–H groups in total. The molecule has 0 fully saturated rings. The summed E-state index contributed by atoms with van der Waals surface area (Å²) < 4.78 is 55.2. The molecule has 0 spiro atoms. The Kier molecular flexibility index (Phi) is 5.25. The van der Waals surface area contributed by atoms with Gasteiger partial charge in [0.2, 0.25) is 0 Å². The molecule has 4 nitrogen and oxygen atoms in total. The number of rotatable bonds is 5. The van der Waals surface area contributed by atoms with Gasteiger partial charge in [0, 0.05) is 25.6 Å². The zero-order chi connectivity index (χ0) is 19.6. The second-order valence-electron chi connectivity index (χ2n) is 6.33. The SMILES string of the molecule is O=C(O)CCc1ccc2c(c1)CCN(c1cc(OC(F)(F)F)ccc1F)C2. The maximum Gasteiger partial charge on any atom is 0.573 e. The van der Waals surface area contributed by atoms with E-state index in [4.69, 9.17) is 5.11 Å². The summed E-state index contributed by atoms with van der Waals surface area (Å²) >= 11 is 0. The smallest absolute Gasteiger partial charge is 0.481 e. The molecule has 0 saturated heterocycles. The predicted molar refractivity (Wildman–Crippen MR) is 90.2 cm³/mol. The molecule has 1 aliphatic rings. The van der Waals surface area contributed by atoms with E-state index in [9.17, 15) is 22.4 Å². The molecule has 0 aromatic heterocycles. The number of aryl methyl sites for hydroxylation is 1. The Morgan fingerprint density at radius 2 is 1.93 bits per heavy atom. The van der Waals surface area contributed by atoms with Crippen molar-refractivity contribution in [3.63, 3.8) is 0 Å². The minimum atomic E-state index is -4.84. The van der Waals surface area contributed by atoms with Gasteiger partial charge in [0.15, 0.2) is 0 Å². The van der Waals surface area contributed by atoms with E-state index >= 15 is 0 Å². The maximum atomic E-state index is 14.2. The van der Waals surface area contributed by atoms with Crippen molar-refractivity contribution in [3.8, 4) is 5.75 Å². The predicted octanol–water partition coefficient (Wildman–Crippen LogP) is 4.30. The lowest BCUT2D eigenvalue weighted by molar-refractivity contribution is -0.274. The second kappa shape index (κ2) is 7.46. The molecule has 0 aliphatic carbocycles. The van der Waals surface area contributed by atoms with Crippen LogP contribution < -0.4 is 9.64 Å². The van der Waals surface area contributed by atoms with E-state index in [1.807, 2.05) is 18.2 Å². The Balaban J connectivity index is 1.78. The van der Waals surface area contributed by atoms with Crippen LogP contribution in [0.3, 0.4) is 0 Å². The third-order valence-electron chi connectivity index (χ3n) is 4.40. The standard InChI is InChI=1S/C19H17F4NO3/c20-16-5-4-15(27-19(21,22)23)10-17(16)24-8-7-13-9-12(2-6-18(25)26)1-3-14(13)11-24/h1,3-5,9-10H,2,6-8,11H2,(H,25,26). The summed E-state index contributed by atoms with van der Waals surface area (Å²) in [5.41, 5.74) is 2.94. The van der Waals surface area contributed by atoms with E-state index in [1.165, 1.54) is 0 Å². The molecule has 144 valence electrons. The summed E-state index contributed by atoms with van der Waals surface area (Å²) in [6, 6.07) is 8.57. The normalized spacial score (nSPS) is 14.0. The molecule has 27 heavy (non-hydrogen) atoms. The summed E-state index contributed by atoms with van der Waals surface area (Å²) in [6.45, 7) is 0.780. The number of carboxylic acids is 1. The number of carboxylic acid groups (broad SMARTS) is 1. The monoisotopic (exact) mass is 383 g/mol. The van der Waals surface area contributed by atoms with E-state index in [-0.39, 0.29) is 12.1 Å². The quantitative estimate of drug-likeness (QED) is 0.782. The number of aliphatic carboxylic acids is 1. The molecule has 8 heteroatoms. The Labute approximate surface area is 153 Å². The summed E-state index contributed by atoms with van der Waals surface area (Å²) in [4.78, 5) is 12.3. The summed E-state index contributed by atoms with van der Waals surface area (Å²) in [7, 11) is 0. The number of anilines is 1. The maximum absolute atomic E-state index is 14.2. The Bertz CT molecular complexity index is 851. The number of ether oxygens (including phenoxy) is 1. The third kappa shape index (κ3) is 4.90. The highest BCUT2D eigenvalue weighted by atomic mass is 19.4. The van der Waals surface area contributed by atoms with Crippen LogP contribution in [0, 0.1) is 5.82 Å². The molecule has 0 saturated carbocycles. The number of benzene rings is 2. The summed E-state index contributed by atoms with van der Waals surface area (Å²) in [5, 5.41) is 8.77. The van der Waals surface area contributed by atoms with Crippen molar-refractivity contribution in [2.45, 2.75) is 32.2 Å². The van der Waals surface area contributed by atoms with Gasteiger partial charge in [0.25, 0.3) is 0 Å². The van der Waals surface area contributed by atoms with Gasteiger partial charge in [-0.15, -0.1) is 13.2 Å². The molecule has 2 aromatic rings. The van der Waals surface area contributed by atoms with Crippen molar-refractivity contribution < 1.29 is 32.2 Å². The van der Waals surface area contributed by atoms with Crippen LogP contribution in [0.2, 0.25) is 0 Å². The molecule has 1 heterocycles. The van der Waals surface area contributed by atoms with Crippen molar-refractivity contribution in [3.05, 3.63) is 58.9 Å². The first-order valence-electron chi connectivity index (χ1n) is 8.34. The first-order valence-corrected chi connectivity index (χ1v) is 8.34. The van der Waals surface area contributed by atoms with Crippen molar-refractivity contribution in [1.82, 2.24) is 0 Å². The Morgan fingerprint density at radius 3 is 2.63 bits per heavy atom. The van der Waals surface area contributed by atoms with Crippen LogP contribution in [-0.4, -0.2) is 24.0 Å². The number of hydrogen-bond donors (Lipinski definition) is 1. The molecule has 3 rings (SSSR count). The molecule has 0 radical (unpaired) electrons. The molecule has 0 unspecified atom stereocenters. The molecule has 2 aromatic carbocycles. The highest BCUT2D eigenvalue weighted by Gasteiger charge is 2.31. The van der Waals surface area contributed by atoms with Gasteiger partial charge < -0.3 is 14.7 Å². The summed E-state index contributed by atoms with van der Waals surface area (Å²) in [5.74, 6) is -1.95. The fraction of sp³-hybridized carbons (Fsp3) is 0.316. The fourth-order valence-electron chi connectivity index (χ4n) is 3.15. The van der Waals surface area contributed by atoms with Crippen LogP contribution >= 0.6 is 0 Å². The molecule has 0 amide bonds. The van der Waals surface area contributed by atoms with Crippen LogP contribution in [0.4, 0.5) is 23.2 Å². The van der Waals surface area contributed by atoms with Gasteiger partial charge >= 0.3 is 12.3 Å². The molecular weight excluding hydrogens is 366 g/mol. The second-order valence-corrected chi connectivity index (χ2v) is 6.33. The van der Waals surface area contributed by atoms with Crippen molar-refractivity contribution in [1.29, 1.82) is 0 Å². The van der Waals surface area contributed by atoms with Crippen LogP contribution in [0.5, 0.6) is 5.75 Å². The third-order valence-corrected chi connectivity index (χ3v) is 4.40. The number of halogens is 4. The number of alkyl halides is 3. The van der Waals surface area contributed by atoms with E-state index in [0.717, 1.165) is 34.9 Å². The van der Waals surface area contributed by atoms with Gasteiger partial charge in [-0.2, -0.15) is 0 Å². The molecular formula is C19H17F4NO3. The number of hydrogen-bond acceptors (Lipinski definition) is 3. The first-order chi connectivity index (χ1) is 12.7. The first kappa shape index (κ1) is 19.0. The van der Waals surface area contributed by atoms with Crippen molar-refractivity contribution in [2.75, 3.05) is 11.4 Å². The van der Waals surface area contributed by atoms with Crippen molar-refractivity contribution in [2.24, 2.45) is 0 Å². The lowest BCUT2D eigenvalue weighted by atomic mass is 9.95. The van der Waals surface area contributed by atoms with Gasteiger partial charge in [0.1, 0.15) is 11.6 Å². The minimum absolute atomic E-state index is 0.0438. The lowest BCUT2D eigenvalue weighted by Gasteiger charge is -2.31. The zero-order valence-corrected chi connectivity index (χ0v) is 14.2. The van der Waals surface area contributed by atoms with Gasteiger partial charge in [-0.25, -0.2) is 4.39 Å². The van der Waals surface area contributed by atoms with Crippen LogP contribution in [0.1, 0.15) is 23.1 Å². The fourth-order valence-corrected chi connectivity index (χ4v) is 3.15. The summed E-state index contributed by atoms with van der Waals surface area (Å²) in [6.07, 6.45) is -3.78. The van der Waals surface area contributed by atoms with Crippen molar-refractivity contribution >= 4 is 11.7 Å². The highest BCUT2D eigenvalue weighted by molar-refractivity contribution is 5.67. The molecule has 0 atom stereocenters. The van der Waals surface area contributed by atoms with Gasteiger partial charge in [-0.05, 0) is 41.7 Å². The van der Waals surface area contributed by atoms with Gasteiger partial charge in [-0.1, -0.05) is 18.2 Å². The van der Waals surface area contributed by atoms with E-state index in [0.29, 0.717) is 25.9 Å². The Hall–Kier alpha value is -2.77. The van der Waals surface area contributed by atoms with Crippen LogP contribution in [-0.2, 0) is 24.2 Å². The number of carbonyl (C=O) groups is 1. The zero-order valence-electron chi connectivity index (χ0n) is 14.2. The number of fused-ring (bicyclic) bond motifs is 1. The van der Waals surface area contributed by atoms with E-state index < -0.39 is 23.9 Å². The Morgan fingerprint density at radius 1 is 1.15 bits per heavy atom. The topological polar surface area (TPSA) is 49.8 Å². The lowest BCUT2D eigenvalue weighted by Crippen LogP contribution is -2.31. The average Bonchev–Trinajstić information content (AvgIpc) is 2.60. The van der Waals surface area contributed by atoms with Gasteiger partial charge in [-0.3, -0.25) is 4.79 Å². The van der Waals surface area contributed by atoms with E-state index in [2.05, 4.69) is 4.74 Å². The average molecular weight is 383 g/mol. The largest absolute Gasteiger partial charge is 0.573 e. The van der Waals surface area contributed by atoms with Crippen LogP contribution in [0.25, 0.3) is 0 Å². The van der Waals surface area contributed by atoms with E-state index in [1.54, 1.807) is 4.90 Å². The van der Waals surface area contributed by atoms with Crippen LogP contribution in [0.15, 0.2) is 36.4 Å². The highest BCUT2D eigenvalue weighted by Crippen LogP contribution is 2.32. The molecule has 1 aliphatic heterocycles. The number of nitrogens with zero attached hydrogens (tertiary/aromatic N) is 1. The molecule has 0 bridgehead atoms.